The van der Waals surface area contributed by atoms with Crippen LogP contribution in [0.1, 0.15) is 38.5 Å². The SMILES string of the molecule is CN(C)[C@H]1CC[C@H](Nc2ncnc3ccc(OCCCC(N)=O)cc23)CC1. The summed E-state index contributed by atoms with van der Waals surface area (Å²) in [6.07, 6.45) is 7.21. The first kappa shape index (κ1) is 19.4. The van der Waals surface area contributed by atoms with E-state index in [0.717, 1.165) is 35.3 Å². The van der Waals surface area contributed by atoms with Gasteiger partial charge < -0.3 is 20.7 Å². The zero-order valence-corrected chi connectivity index (χ0v) is 16.1. The molecule has 1 heterocycles. The molecule has 1 amide bonds. The summed E-state index contributed by atoms with van der Waals surface area (Å²) in [5.41, 5.74) is 6.05. The highest BCUT2D eigenvalue weighted by molar-refractivity contribution is 5.90. The summed E-state index contributed by atoms with van der Waals surface area (Å²) in [6, 6.07) is 6.90. The van der Waals surface area contributed by atoms with E-state index >= 15 is 0 Å². The number of fused-ring (bicyclic) bond motifs is 1. The van der Waals surface area contributed by atoms with E-state index in [-0.39, 0.29) is 5.91 Å². The number of primary amides is 1. The van der Waals surface area contributed by atoms with Gasteiger partial charge in [-0.1, -0.05) is 0 Å². The van der Waals surface area contributed by atoms with Gasteiger partial charge in [0.05, 0.1) is 12.1 Å². The lowest BCUT2D eigenvalue weighted by Crippen LogP contribution is -2.36. The predicted octanol–water partition coefficient (Wildman–Crippen LogP) is 2.56. The first-order chi connectivity index (χ1) is 13.0. The maximum Gasteiger partial charge on any atom is 0.217 e. The van der Waals surface area contributed by atoms with Gasteiger partial charge in [0.15, 0.2) is 0 Å². The second-order valence-electron chi connectivity index (χ2n) is 7.43. The summed E-state index contributed by atoms with van der Waals surface area (Å²) in [7, 11) is 4.31. The van der Waals surface area contributed by atoms with Crippen LogP contribution >= 0.6 is 0 Å². The van der Waals surface area contributed by atoms with E-state index in [4.69, 9.17) is 10.5 Å². The van der Waals surface area contributed by atoms with Gasteiger partial charge in [0.2, 0.25) is 5.91 Å². The van der Waals surface area contributed by atoms with Crippen molar-refractivity contribution in [3.63, 3.8) is 0 Å². The monoisotopic (exact) mass is 371 g/mol. The van der Waals surface area contributed by atoms with Crippen molar-refractivity contribution in [2.24, 2.45) is 5.73 Å². The van der Waals surface area contributed by atoms with E-state index < -0.39 is 0 Å². The third-order valence-corrected chi connectivity index (χ3v) is 5.21. The Hall–Kier alpha value is -2.41. The molecule has 2 aromatic rings. The summed E-state index contributed by atoms with van der Waals surface area (Å²) in [5, 5.41) is 4.56. The largest absolute Gasteiger partial charge is 0.494 e. The van der Waals surface area contributed by atoms with E-state index in [0.29, 0.717) is 31.5 Å². The highest BCUT2D eigenvalue weighted by Crippen LogP contribution is 2.28. The zero-order chi connectivity index (χ0) is 19.2. The molecular weight excluding hydrogens is 342 g/mol. The lowest BCUT2D eigenvalue weighted by molar-refractivity contribution is -0.118. The first-order valence-corrected chi connectivity index (χ1v) is 9.62. The van der Waals surface area contributed by atoms with Gasteiger partial charge in [-0.05, 0) is 64.4 Å². The van der Waals surface area contributed by atoms with Crippen LogP contribution in [0.3, 0.4) is 0 Å². The van der Waals surface area contributed by atoms with Crippen LogP contribution in [0.25, 0.3) is 10.9 Å². The molecule has 7 heteroatoms. The Morgan fingerprint density at radius 3 is 2.74 bits per heavy atom. The van der Waals surface area contributed by atoms with Crippen molar-refractivity contribution in [2.45, 2.75) is 50.6 Å². The number of carbonyl (C=O) groups is 1. The van der Waals surface area contributed by atoms with Gasteiger partial charge in [0.25, 0.3) is 0 Å². The number of nitrogens with two attached hydrogens (primary N) is 1. The van der Waals surface area contributed by atoms with Gasteiger partial charge in [-0.25, -0.2) is 9.97 Å². The average molecular weight is 371 g/mol. The normalized spacial score (nSPS) is 20.0. The molecule has 0 spiro atoms. The van der Waals surface area contributed by atoms with Crippen molar-refractivity contribution < 1.29 is 9.53 Å². The Morgan fingerprint density at radius 2 is 2.04 bits per heavy atom. The summed E-state index contributed by atoms with van der Waals surface area (Å²) >= 11 is 0. The van der Waals surface area contributed by atoms with Crippen molar-refractivity contribution in [2.75, 3.05) is 26.0 Å². The molecule has 0 unspecified atom stereocenters. The van der Waals surface area contributed by atoms with E-state index in [9.17, 15) is 4.79 Å². The molecule has 0 aliphatic heterocycles. The smallest absolute Gasteiger partial charge is 0.217 e. The topological polar surface area (TPSA) is 93.4 Å². The molecule has 1 aromatic heterocycles. The fourth-order valence-corrected chi connectivity index (χ4v) is 3.61. The number of benzene rings is 1. The van der Waals surface area contributed by atoms with Gasteiger partial charge in [-0.15, -0.1) is 0 Å². The lowest BCUT2D eigenvalue weighted by Gasteiger charge is -2.33. The van der Waals surface area contributed by atoms with Crippen molar-refractivity contribution in [1.82, 2.24) is 14.9 Å². The molecule has 27 heavy (non-hydrogen) atoms. The van der Waals surface area contributed by atoms with Crippen molar-refractivity contribution in [1.29, 1.82) is 0 Å². The Morgan fingerprint density at radius 1 is 1.26 bits per heavy atom. The van der Waals surface area contributed by atoms with Crippen LogP contribution in [0.15, 0.2) is 24.5 Å². The number of rotatable bonds is 8. The molecule has 0 saturated heterocycles. The van der Waals surface area contributed by atoms with E-state index in [1.807, 2.05) is 18.2 Å². The molecule has 3 rings (SSSR count). The summed E-state index contributed by atoms with van der Waals surface area (Å²) in [5.74, 6) is 1.30. The Balaban J connectivity index is 1.66. The fourth-order valence-electron chi connectivity index (χ4n) is 3.61. The molecule has 1 aliphatic carbocycles. The molecule has 1 aromatic carbocycles. The van der Waals surface area contributed by atoms with Crippen LogP contribution in [-0.2, 0) is 4.79 Å². The number of hydrogen-bond acceptors (Lipinski definition) is 6. The van der Waals surface area contributed by atoms with Gasteiger partial charge >= 0.3 is 0 Å². The molecule has 1 fully saturated rings. The number of carbonyl (C=O) groups excluding carboxylic acids is 1. The molecule has 146 valence electrons. The van der Waals surface area contributed by atoms with E-state index in [1.165, 1.54) is 12.8 Å². The molecular formula is C20H29N5O2. The first-order valence-electron chi connectivity index (χ1n) is 9.62. The van der Waals surface area contributed by atoms with E-state index in [1.54, 1.807) is 6.33 Å². The Bertz CT molecular complexity index is 772. The van der Waals surface area contributed by atoms with Crippen molar-refractivity contribution >= 4 is 22.6 Å². The van der Waals surface area contributed by atoms with Crippen molar-refractivity contribution in [3.05, 3.63) is 24.5 Å². The third kappa shape index (κ3) is 5.29. The third-order valence-electron chi connectivity index (χ3n) is 5.21. The van der Waals surface area contributed by atoms with Crippen LogP contribution < -0.4 is 15.8 Å². The van der Waals surface area contributed by atoms with Crippen LogP contribution in [0, 0.1) is 0 Å². The number of ether oxygens (including phenoxy) is 1. The summed E-state index contributed by atoms with van der Waals surface area (Å²) in [4.78, 5) is 22.0. The maximum atomic E-state index is 10.8. The number of anilines is 1. The second-order valence-corrected chi connectivity index (χ2v) is 7.43. The fraction of sp³-hybridized carbons (Fsp3) is 0.550. The molecule has 0 atom stereocenters. The van der Waals surface area contributed by atoms with Crippen LogP contribution in [0.4, 0.5) is 5.82 Å². The van der Waals surface area contributed by atoms with Gasteiger partial charge in [-0.3, -0.25) is 4.79 Å². The van der Waals surface area contributed by atoms with Crippen LogP contribution in [0.5, 0.6) is 5.75 Å². The van der Waals surface area contributed by atoms with Gasteiger partial charge in [0.1, 0.15) is 17.9 Å². The number of amides is 1. The molecule has 1 aliphatic rings. The second kappa shape index (κ2) is 8.99. The molecule has 7 nitrogen and oxygen atoms in total. The summed E-state index contributed by atoms with van der Waals surface area (Å²) < 4.78 is 5.75. The van der Waals surface area contributed by atoms with Gasteiger partial charge in [0, 0.05) is 23.9 Å². The average Bonchev–Trinajstić information content (AvgIpc) is 2.66. The number of nitrogens with zero attached hydrogens (tertiary/aromatic N) is 3. The predicted molar refractivity (Wildman–Crippen MR) is 107 cm³/mol. The summed E-state index contributed by atoms with van der Waals surface area (Å²) in [6.45, 7) is 0.458. The zero-order valence-electron chi connectivity index (χ0n) is 16.1. The Kier molecular flexibility index (Phi) is 6.45. The lowest BCUT2D eigenvalue weighted by atomic mass is 9.90. The minimum atomic E-state index is -0.305. The number of hydrogen-bond donors (Lipinski definition) is 2. The molecule has 0 bridgehead atoms. The minimum Gasteiger partial charge on any atom is -0.494 e. The molecule has 0 radical (unpaired) electrons. The maximum absolute atomic E-state index is 10.8. The van der Waals surface area contributed by atoms with Crippen molar-refractivity contribution in [3.8, 4) is 5.75 Å². The van der Waals surface area contributed by atoms with Gasteiger partial charge in [-0.2, -0.15) is 0 Å². The molecule has 3 N–H and O–H groups in total. The standard InChI is InChI=1S/C20H29N5O2/c1-25(2)15-7-5-14(6-8-15)24-20-17-12-16(27-11-3-4-19(21)26)9-10-18(17)22-13-23-20/h9-10,12-15H,3-8,11H2,1-2H3,(H2,21,26)(H,22,23,24)/t14-,15-. The minimum absolute atomic E-state index is 0.305. The number of nitrogens with one attached hydrogen (secondary N) is 1. The van der Waals surface area contributed by atoms with Crippen LogP contribution in [-0.4, -0.2) is 53.6 Å². The van der Waals surface area contributed by atoms with E-state index in [2.05, 4.69) is 34.3 Å². The molecule has 1 saturated carbocycles. The highest BCUT2D eigenvalue weighted by atomic mass is 16.5. The Labute approximate surface area is 160 Å². The quantitative estimate of drug-likeness (QED) is 0.693. The van der Waals surface area contributed by atoms with Crippen LogP contribution in [0.2, 0.25) is 0 Å². The highest BCUT2D eigenvalue weighted by Gasteiger charge is 2.23. The number of aromatic nitrogens is 2.